The number of nitrogens with zero attached hydrogens (tertiary/aromatic N) is 1. The second-order valence-corrected chi connectivity index (χ2v) is 4.17. The third-order valence-corrected chi connectivity index (χ3v) is 3.05. The van der Waals surface area contributed by atoms with Crippen LogP contribution in [0.4, 0.5) is 0 Å². The van der Waals surface area contributed by atoms with Gasteiger partial charge in [-0.25, -0.2) is 0 Å². The van der Waals surface area contributed by atoms with Crippen molar-refractivity contribution in [2.75, 3.05) is 20.1 Å². The largest absolute Gasteiger partial charge is 0.343 e. The molecule has 0 aromatic rings. The number of allylic oxidation sites excluding steroid dienone is 1. The van der Waals surface area contributed by atoms with E-state index in [0.29, 0.717) is 12.5 Å². The second kappa shape index (κ2) is 6.62. The van der Waals surface area contributed by atoms with Gasteiger partial charge in [-0.2, -0.15) is 0 Å². The molecule has 1 aliphatic heterocycles. The Morgan fingerprint density at radius 1 is 1.53 bits per heavy atom. The molecule has 1 aliphatic rings. The molecular weight excluding hydrogens is 188 g/mol. The fraction of sp³-hybridized carbons (Fsp3) is 0.750. The first kappa shape index (κ1) is 12.2. The number of rotatable bonds is 4. The zero-order valence-electron chi connectivity index (χ0n) is 9.67. The molecule has 1 unspecified atom stereocenters. The van der Waals surface area contributed by atoms with Gasteiger partial charge in [-0.3, -0.25) is 4.79 Å². The Labute approximate surface area is 92.5 Å². The predicted octanol–water partition coefficient (Wildman–Crippen LogP) is 1.55. The molecule has 3 nitrogen and oxygen atoms in total. The summed E-state index contributed by atoms with van der Waals surface area (Å²) in [4.78, 5) is 13.7. The standard InChI is InChI=1S/C12H22N2O/c1-3-4-7-12(15)14(2)11-6-5-9-13-10-8-11/h3,11,13H,1,4-10H2,2H3. The van der Waals surface area contributed by atoms with Crippen LogP contribution in [0.15, 0.2) is 12.7 Å². The summed E-state index contributed by atoms with van der Waals surface area (Å²) in [7, 11) is 1.93. The molecule has 0 aromatic heterocycles. The van der Waals surface area contributed by atoms with Gasteiger partial charge in [0.05, 0.1) is 0 Å². The number of hydrogen-bond donors (Lipinski definition) is 1. The first-order chi connectivity index (χ1) is 7.25. The Kier molecular flexibility index (Phi) is 5.40. The van der Waals surface area contributed by atoms with Gasteiger partial charge in [0.1, 0.15) is 0 Å². The van der Waals surface area contributed by atoms with Crippen molar-refractivity contribution in [1.82, 2.24) is 10.2 Å². The lowest BCUT2D eigenvalue weighted by atomic mass is 10.1. The van der Waals surface area contributed by atoms with Gasteiger partial charge in [0, 0.05) is 19.5 Å². The van der Waals surface area contributed by atoms with Crippen molar-refractivity contribution in [2.24, 2.45) is 0 Å². The summed E-state index contributed by atoms with van der Waals surface area (Å²) in [6.07, 6.45) is 6.57. The van der Waals surface area contributed by atoms with E-state index in [2.05, 4.69) is 11.9 Å². The summed E-state index contributed by atoms with van der Waals surface area (Å²) in [5, 5.41) is 3.36. The molecule has 0 radical (unpaired) electrons. The fourth-order valence-corrected chi connectivity index (χ4v) is 1.99. The molecule has 1 rings (SSSR count). The summed E-state index contributed by atoms with van der Waals surface area (Å²) in [6, 6.07) is 0.428. The lowest BCUT2D eigenvalue weighted by molar-refractivity contribution is -0.132. The molecule has 1 heterocycles. The minimum absolute atomic E-state index is 0.252. The molecule has 1 amide bonds. The van der Waals surface area contributed by atoms with Gasteiger partial charge in [-0.1, -0.05) is 6.08 Å². The highest BCUT2D eigenvalue weighted by Gasteiger charge is 2.19. The van der Waals surface area contributed by atoms with E-state index in [4.69, 9.17) is 0 Å². The molecule has 1 N–H and O–H groups in total. The molecule has 1 saturated heterocycles. The number of nitrogens with one attached hydrogen (secondary N) is 1. The monoisotopic (exact) mass is 210 g/mol. The van der Waals surface area contributed by atoms with E-state index in [1.165, 1.54) is 6.42 Å². The smallest absolute Gasteiger partial charge is 0.222 e. The highest BCUT2D eigenvalue weighted by Crippen LogP contribution is 2.13. The van der Waals surface area contributed by atoms with Crippen molar-refractivity contribution in [3.63, 3.8) is 0 Å². The maximum Gasteiger partial charge on any atom is 0.222 e. The first-order valence-electron chi connectivity index (χ1n) is 5.83. The lowest BCUT2D eigenvalue weighted by Crippen LogP contribution is -2.37. The van der Waals surface area contributed by atoms with Gasteiger partial charge in [-0.05, 0) is 38.8 Å². The molecule has 0 aromatic carbocycles. The molecular formula is C12H22N2O. The maximum absolute atomic E-state index is 11.8. The Morgan fingerprint density at radius 2 is 2.33 bits per heavy atom. The zero-order chi connectivity index (χ0) is 11.1. The fourth-order valence-electron chi connectivity index (χ4n) is 1.99. The number of amides is 1. The van der Waals surface area contributed by atoms with Crippen LogP contribution in [0.2, 0.25) is 0 Å². The quantitative estimate of drug-likeness (QED) is 0.714. The second-order valence-electron chi connectivity index (χ2n) is 4.17. The van der Waals surface area contributed by atoms with E-state index in [9.17, 15) is 4.79 Å². The van der Waals surface area contributed by atoms with Crippen molar-refractivity contribution >= 4 is 5.91 Å². The van der Waals surface area contributed by atoms with Crippen LogP contribution in [-0.2, 0) is 4.79 Å². The lowest BCUT2D eigenvalue weighted by Gasteiger charge is -2.27. The summed E-state index contributed by atoms with van der Waals surface area (Å²) < 4.78 is 0. The molecule has 1 atom stereocenters. The molecule has 0 bridgehead atoms. The van der Waals surface area contributed by atoms with Crippen LogP contribution < -0.4 is 5.32 Å². The zero-order valence-corrected chi connectivity index (χ0v) is 9.67. The minimum Gasteiger partial charge on any atom is -0.343 e. The van der Waals surface area contributed by atoms with E-state index < -0.39 is 0 Å². The van der Waals surface area contributed by atoms with Gasteiger partial charge < -0.3 is 10.2 Å². The Morgan fingerprint density at radius 3 is 3.07 bits per heavy atom. The van der Waals surface area contributed by atoms with Gasteiger partial charge in [0.2, 0.25) is 5.91 Å². The normalized spacial score (nSPS) is 21.8. The van der Waals surface area contributed by atoms with Crippen molar-refractivity contribution in [2.45, 2.75) is 38.1 Å². The summed E-state index contributed by atoms with van der Waals surface area (Å²) >= 11 is 0. The molecule has 15 heavy (non-hydrogen) atoms. The van der Waals surface area contributed by atoms with E-state index in [0.717, 1.165) is 32.4 Å². The SMILES string of the molecule is C=CCCC(=O)N(C)C1CCCNCC1. The van der Waals surface area contributed by atoms with Crippen molar-refractivity contribution < 1.29 is 4.79 Å². The molecule has 86 valence electrons. The van der Waals surface area contributed by atoms with E-state index in [-0.39, 0.29) is 5.91 Å². The topological polar surface area (TPSA) is 32.3 Å². The highest BCUT2D eigenvalue weighted by atomic mass is 16.2. The molecule has 0 saturated carbocycles. The predicted molar refractivity (Wildman–Crippen MR) is 62.7 cm³/mol. The Hall–Kier alpha value is -0.830. The number of carbonyl (C=O) groups is 1. The third-order valence-electron chi connectivity index (χ3n) is 3.05. The van der Waals surface area contributed by atoms with E-state index in [1.807, 2.05) is 11.9 Å². The van der Waals surface area contributed by atoms with Crippen molar-refractivity contribution in [1.29, 1.82) is 0 Å². The van der Waals surface area contributed by atoms with Crippen LogP contribution in [0.25, 0.3) is 0 Å². The Balaban J connectivity index is 2.38. The average Bonchev–Trinajstić information content (AvgIpc) is 2.53. The van der Waals surface area contributed by atoms with Gasteiger partial charge in [-0.15, -0.1) is 6.58 Å². The van der Waals surface area contributed by atoms with Crippen LogP contribution in [-0.4, -0.2) is 37.0 Å². The van der Waals surface area contributed by atoms with Gasteiger partial charge in [0.15, 0.2) is 0 Å². The van der Waals surface area contributed by atoms with Crippen LogP contribution >= 0.6 is 0 Å². The van der Waals surface area contributed by atoms with Crippen molar-refractivity contribution in [3.8, 4) is 0 Å². The molecule has 1 fully saturated rings. The maximum atomic E-state index is 11.8. The molecule has 0 spiro atoms. The first-order valence-corrected chi connectivity index (χ1v) is 5.83. The summed E-state index contributed by atoms with van der Waals surface area (Å²) in [6.45, 7) is 5.76. The van der Waals surface area contributed by atoms with Crippen LogP contribution in [0, 0.1) is 0 Å². The minimum atomic E-state index is 0.252. The third kappa shape index (κ3) is 4.04. The summed E-state index contributed by atoms with van der Waals surface area (Å²) in [5.74, 6) is 0.252. The van der Waals surface area contributed by atoms with Crippen LogP contribution in [0.3, 0.4) is 0 Å². The molecule has 0 aliphatic carbocycles. The Bertz CT molecular complexity index is 208. The van der Waals surface area contributed by atoms with Crippen LogP contribution in [0.5, 0.6) is 0 Å². The number of hydrogen-bond acceptors (Lipinski definition) is 2. The highest BCUT2D eigenvalue weighted by molar-refractivity contribution is 5.76. The number of carbonyl (C=O) groups excluding carboxylic acids is 1. The van der Waals surface area contributed by atoms with Gasteiger partial charge in [0.25, 0.3) is 0 Å². The van der Waals surface area contributed by atoms with E-state index in [1.54, 1.807) is 6.08 Å². The average molecular weight is 210 g/mol. The van der Waals surface area contributed by atoms with E-state index >= 15 is 0 Å². The summed E-state index contributed by atoms with van der Waals surface area (Å²) in [5.41, 5.74) is 0. The van der Waals surface area contributed by atoms with Gasteiger partial charge >= 0.3 is 0 Å². The van der Waals surface area contributed by atoms with Crippen molar-refractivity contribution in [3.05, 3.63) is 12.7 Å². The van der Waals surface area contributed by atoms with Crippen LogP contribution in [0.1, 0.15) is 32.1 Å². The molecule has 3 heteroatoms.